The van der Waals surface area contributed by atoms with Gasteiger partial charge < -0.3 is 10.1 Å². The predicted molar refractivity (Wildman–Crippen MR) is 68.6 cm³/mol. The van der Waals surface area contributed by atoms with Crippen molar-refractivity contribution in [3.63, 3.8) is 0 Å². The molecule has 5 nitrogen and oxygen atoms in total. The van der Waals surface area contributed by atoms with Gasteiger partial charge in [0.1, 0.15) is 11.1 Å². The van der Waals surface area contributed by atoms with Crippen LogP contribution in [0.3, 0.4) is 0 Å². The molecule has 1 amide bonds. The summed E-state index contributed by atoms with van der Waals surface area (Å²) in [4.78, 5) is 36.0. The molecule has 0 aliphatic heterocycles. The van der Waals surface area contributed by atoms with Crippen LogP contribution in [0.1, 0.15) is 47.5 Å². The second-order valence-corrected chi connectivity index (χ2v) is 7.04. The van der Waals surface area contributed by atoms with Crippen LogP contribution in [0, 0.1) is 11.3 Å². The lowest BCUT2D eigenvalue weighted by Gasteiger charge is -2.36. The summed E-state index contributed by atoms with van der Waals surface area (Å²) < 4.78 is 5.21. The number of alkyl carbamates (subject to hydrolysis) is 1. The Morgan fingerprint density at radius 1 is 1.32 bits per heavy atom. The van der Waals surface area contributed by atoms with Crippen molar-refractivity contribution in [3.8, 4) is 0 Å². The summed E-state index contributed by atoms with van der Waals surface area (Å²) in [6, 6.07) is 0. The maximum atomic E-state index is 12.2. The second kappa shape index (κ2) is 3.81. The maximum absolute atomic E-state index is 12.2. The number of nitrogens with one attached hydrogen (secondary N) is 1. The summed E-state index contributed by atoms with van der Waals surface area (Å²) >= 11 is 0. The minimum absolute atomic E-state index is 0.282. The molecule has 0 radical (unpaired) electrons. The van der Waals surface area contributed by atoms with Gasteiger partial charge in [0.05, 0.1) is 0 Å². The molecule has 2 aliphatic carbocycles. The zero-order valence-corrected chi connectivity index (χ0v) is 12.1. The first-order chi connectivity index (χ1) is 8.51. The number of hydrogen-bond acceptors (Lipinski definition) is 4. The van der Waals surface area contributed by atoms with Crippen molar-refractivity contribution in [1.29, 1.82) is 0 Å². The Morgan fingerprint density at radius 2 is 1.89 bits per heavy atom. The van der Waals surface area contributed by atoms with Gasteiger partial charge in [0.2, 0.25) is 11.6 Å². The van der Waals surface area contributed by atoms with Crippen molar-refractivity contribution in [2.45, 2.75) is 58.6 Å². The Morgan fingerprint density at radius 3 is 2.32 bits per heavy atom. The molecule has 2 rings (SSSR count). The third-order valence-corrected chi connectivity index (χ3v) is 4.42. The van der Waals surface area contributed by atoms with Gasteiger partial charge in [0.25, 0.3) is 0 Å². The van der Waals surface area contributed by atoms with E-state index in [1.165, 1.54) is 0 Å². The van der Waals surface area contributed by atoms with Crippen LogP contribution >= 0.6 is 0 Å². The number of carbonyl (C=O) groups excluding carboxylic acids is 3. The Bertz CT molecular complexity index is 461. The highest BCUT2D eigenvalue weighted by Crippen LogP contribution is 2.56. The molecule has 2 atom stereocenters. The van der Waals surface area contributed by atoms with Crippen LogP contribution < -0.4 is 5.32 Å². The molecular weight excluding hydrogens is 246 g/mol. The van der Waals surface area contributed by atoms with E-state index in [4.69, 9.17) is 4.74 Å². The van der Waals surface area contributed by atoms with Gasteiger partial charge >= 0.3 is 6.09 Å². The average Bonchev–Trinajstić information content (AvgIpc) is 2.51. The molecule has 2 unspecified atom stereocenters. The first kappa shape index (κ1) is 14.0. The number of ether oxygens (including phenoxy) is 1. The Hall–Kier alpha value is -1.39. The van der Waals surface area contributed by atoms with Crippen LogP contribution in [-0.2, 0) is 14.3 Å². The van der Waals surface area contributed by atoms with Crippen LogP contribution in [0.4, 0.5) is 4.79 Å². The lowest BCUT2D eigenvalue weighted by molar-refractivity contribution is -0.139. The molecule has 19 heavy (non-hydrogen) atoms. The molecule has 5 heteroatoms. The molecule has 0 aromatic carbocycles. The van der Waals surface area contributed by atoms with Gasteiger partial charge in [-0.05, 0) is 33.6 Å². The van der Waals surface area contributed by atoms with Crippen LogP contribution in [0.15, 0.2) is 0 Å². The largest absolute Gasteiger partial charge is 0.444 e. The maximum Gasteiger partial charge on any atom is 0.408 e. The summed E-state index contributed by atoms with van der Waals surface area (Å²) in [6.07, 6.45) is 0.520. The SMILES string of the molecule is CC(C)(C)OC(=O)NC12CCC(C(=O)C1=O)C2(C)C. The molecule has 0 heterocycles. The van der Waals surface area contributed by atoms with Crippen LogP contribution in [0.25, 0.3) is 0 Å². The summed E-state index contributed by atoms with van der Waals surface area (Å²) in [5.41, 5.74) is -2.26. The van der Waals surface area contributed by atoms with Gasteiger partial charge in [0, 0.05) is 11.3 Å². The summed E-state index contributed by atoms with van der Waals surface area (Å²) in [5, 5.41) is 2.68. The van der Waals surface area contributed by atoms with Gasteiger partial charge in [-0.15, -0.1) is 0 Å². The highest BCUT2D eigenvalue weighted by atomic mass is 16.6. The van der Waals surface area contributed by atoms with E-state index in [0.29, 0.717) is 12.8 Å². The third kappa shape index (κ3) is 1.86. The van der Waals surface area contributed by atoms with E-state index in [2.05, 4.69) is 5.32 Å². The number of Topliss-reactive ketones (excluding diaryl/α,β-unsaturated/α-hetero) is 2. The van der Waals surface area contributed by atoms with Crippen molar-refractivity contribution in [2.75, 3.05) is 0 Å². The molecule has 0 saturated heterocycles. The Kier molecular flexibility index (Phi) is 2.81. The van der Waals surface area contributed by atoms with Crippen LogP contribution in [0.2, 0.25) is 0 Å². The monoisotopic (exact) mass is 267 g/mol. The average molecular weight is 267 g/mol. The zero-order valence-electron chi connectivity index (χ0n) is 12.1. The van der Waals surface area contributed by atoms with E-state index in [1.807, 2.05) is 13.8 Å². The number of rotatable bonds is 1. The molecular formula is C14H21NO4. The molecule has 0 spiro atoms. The van der Waals surface area contributed by atoms with E-state index in [-0.39, 0.29) is 11.7 Å². The predicted octanol–water partition coefficient (Wildman–Crippen LogP) is 1.84. The molecule has 0 aromatic rings. The quantitative estimate of drug-likeness (QED) is 0.736. The van der Waals surface area contributed by atoms with Gasteiger partial charge in [-0.2, -0.15) is 0 Å². The molecule has 106 valence electrons. The molecule has 1 N–H and O–H groups in total. The third-order valence-electron chi connectivity index (χ3n) is 4.42. The summed E-state index contributed by atoms with van der Waals surface area (Å²) in [6.45, 7) is 9.01. The highest BCUT2D eigenvalue weighted by Gasteiger charge is 2.70. The fraction of sp³-hybridized carbons (Fsp3) is 0.786. The molecule has 2 saturated carbocycles. The van der Waals surface area contributed by atoms with Crippen molar-refractivity contribution in [1.82, 2.24) is 5.32 Å². The lowest BCUT2D eigenvalue weighted by Crippen LogP contribution is -2.59. The normalized spacial score (nSPS) is 32.6. The molecule has 2 fully saturated rings. The van der Waals surface area contributed by atoms with Gasteiger partial charge in [-0.3, -0.25) is 9.59 Å². The van der Waals surface area contributed by atoms with Crippen molar-refractivity contribution in [2.24, 2.45) is 11.3 Å². The van der Waals surface area contributed by atoms with Crippen molar-refractivity contribution >= 4 is 17.7 Å². The smallest absolute Gasteiger partial charge is 0.408 e. The van der Waals surface area contributed by atoms with E-state index in [9.17, 15) is 14.4 Å². The first-order valence-electron chi connectivity index (χ1n) is 6.61. The Balaban J connectivity index is 2.25. The minimum Gasteiger partial charge on any atom is -0.444 e. The molecule has 2 aliphatic rings. The second-order valence-electron chi connectivity index (χ2n) is 7.04. The Labute approximate surface area is 113 Å². The van der Waals surface area contributed by atoms with Crippen molar-refractivity contribution in [3.05, 3.63) is 0 Å². The number of amides is 1. The van der Waals surface area contributed by atoms with Crippen LogP contribution in [-0.4, -0.2) is 28.8 Å². The highest BCUT2D eigenvalue weighted by molar-refractivity contribution is 6.45. The van der Waals surface area contributed by atoms with E-state index < -0.39 is 28.4 Å². The van der Waals surface area contributed by atoms with Gasteiger partial charge in [-0.25, -0.2) is 4.79 Å². The fourth-order valence-corrected chi connectivity index (χ4v) is 3.33. The number of carbonyl (C=O) groups is 3. The lowest BCUT2D eigenvalue weighted by atomic mass is 9.76. The van der Waals surface area contributed by atoms with E-state index in [1.54, 1.807) is 20.8 Å². The number of hydrogen-bond donors (Lipinski definition) is 1. The number of fused-ring (bicyclic) bond motifs is 2. The standard InChI is InChI=1S/C14H21NO4/c1-12(2,3)19-11(18)15-14-7-6-8(13(14,4)5)9(16)10(14)17/h8H,6-7H2,1-5H3,(H,15,18). The molecule has 0 aromatic heterocycles. The fourth-order valence-electron chi connectivity index (χ4n) is 3.33. The molecule has 2 bridgehead atoms. The van der Waals surface area contributed by atoms with E-state index in [0.717, 1.165) is 0 Å². The number of ketones is 2. The van der Waals surface area contributed by atoms with E-state index >= 15 is 0 Å². The summed E-state index contributed by atoms with van der Waals surface area (Å²) in [5.74, 6) is -1.11. The summed E-state index contributed by atoms with van der Waals surface area (Å²) in [7, 11) is 0. The first-order valence-corrected chi connectivity index (χ1v) is 6.61. The minimum atomic E-state index is -1.09. The zero-order chi connectivity index (χ0) is 14.6. The van der Waals surface area contributed by atoms with Crippen molar-refractivity contribution < 1.29 is 19.1 Å². The topological polar surface area (TPSA) is 72.5 Å². The van der Waals surface area contributed by atoms with Crippen LogP contribution in [0.5, 0.6) is 0 Å². The van der Waals surface area contributed by atoms with Gasteiger partial charge in [0.15, 0.2) is 0 Å². The van der Waals surface area contributed by atoms with Gasteiger partial charge in [-0.1, -0.05) is 13.8 Å².